The standard InChI is InChI=1S/C59H114O17P2/c1-7-11-13-15-21-29-35-41-56(61)69-47-54(75-58(63)43-37-31-22-16-14-12-8-2)49-73-77(65,66)71-45-53(60)46-72-78(67,68)74-50-55(48-70-57(62)42-36-30-26-25-28-34-40-52(6)10-4)76-59(64)44-38-32-24-20-18-17-19-23-27-33-39-51(5)9-3/h51-55,60H,7-50H2,1-6H3,(H,65,66)(H,67,68)/t51?,52?,53-,54+,55+/m0/s1. The van der Waals surface area contributed by atoms with Gasteiger partial charge in [-0.1, -0.05) is 234 Å². The van der Waals surface area contributed by atoms with Crippen molar-refractivity contribution in [3.8, 4) is 0 Å². The highest BCUT2D eigenvalue weighted by Crippen LogP contribution is 2.45. The molecule has 0 saturated heterocycles. The maximum Gasteiger partial charge on any atom is 0.472 e. The summed E-state index contributed by atoms with van der Waals surface area (Å²) in [5, 5.41) is 10.5. The normalized spacial score (nSPS) is 15.1. The van der Waals surface area contributed by atoms with Crippen LogP contribution in [0.2, 0.25) is 0 Å². The van der Waals surface area contributed by atoms with E-state index in [0.29, 0.717) is 25.7 Å². The Balaban J connectivity index is 5.20. The second-order valence-electron chi connectivity index (χ2n) is 21.9. The zero-order chi connectivity index (χ0) is 58.0. The molecule has 4 unspecified atom stereocenters. The number of carbonyl (C=O) groups is 4. The van der Waals surface area contributed by atoms with Gasteiger partial charge in [0.2, 0.25) is 0 Å². The number of rotatable bonds is 58. The first-order valence-electron chi connectivity index (χ1n) is 31.1. The van der Waals surface area contributed by atoms with E-state index in [2.05, 4.69) is 41.5 Å². The molecule has 0 aliphatic rings. The molecule has 462 valence electrons. The third-order valence-corrected chi connectivity index (χ3v) is 16.1. The van der Waals surface area contributed by atoms with E-state index in [1.54, 1.807) is 0 Å². The summed E-state index contributed by atoms with van der Waals surface area (Å²) in [4.78, 5) is 71.7. The minimum atomic E-state index is -4.94. The average Bonchev–Trinajstić information content (AvgIpc) is 3.41. The van der Waals surface area contributed by atoms with Gasteiger partial charge in [0.1, 0.15) is 19.3 Å². The van der Waals surface area contributed by atoms with Gasteiger partial charge < -0.3 is 33.8 Å². The van der Waals surface area contributed by atoms with E-state index in [1.807, 2.05) is 0 Å². The van der Waals surface area contributed by atoms with Crippen LogP contribution in [-0.2, 0) is 65.4 Å². The summed E-state index contributed by atoms with van der Waals surface area (Å²) in [6.07, 6.45) is 32.3. The van der Waals surface area contributed by atoms with Crippen LogP contribution in [0.15, 0.2) is 0 Å². The molecule has 0 heterocycles. The first-order chi connectivity index (χ1) is 37.4. The van der Waals surface area contributed by atoms with Crippen LogP contribution in [0.1, 0.15) is 286 Å². The SMILES string of the molecule is CCCCCCCCCC(=O)OC[C@H](COP(=O)(O)OC[C@H](O)COP(=O)(O)OC[C@@H](COC(=O)CCCCCCCCC(C)CC)OC(=O)CCCCCCCCCCCCC(C)CC)OC(=O)CCCCCCCCC. The van der Waals surface area contributed by atoms with Crippen molar-refractivity contribution in [1.82, 2.24) is 0 Å². The summed E-state index contributed by atoms with van der Waals surface area (Å²) in [6.45, 7) is 9.35. The molecular weight excluding hydrogens is 1040 g/mol. The molecule has 0 fully saturated rings. The number of ether oxygens (including phenoxy) is 4. The molecular formula is C59H114O17P2. The van der Waals surface area contributed by atoms with Crippen molar-refractivity contribution >= 4 is 39.5 Å². The van der Waals surface area contributed by atoms with Gasteiger partial charge in [-0.15, -0.1) is 0 Å². The van der Waals surface area contributed by atoms with E-state index in [9.17, 15) is 43.2 Å². The molecule has 19 heteroatoms. The maximum absolute atomic E-state index is 12.9. The molecule has 0 spiro atoms. The van der Waals surface area contributed by atoms with Crippen molar-refractivity contribution in [1.29, 1.82) is 0 Å². The number of esters is 4. The fraction of sp³-hybridized carbons (Fsp3) is 0.932. The first-order valence-corrected chi connectivity index (χ1v) is 34.1. The Morgan fingerprint density at radius 2 is 0.615 bits per heavy atom. The zero-order valence-corrected chi connectivity index (χ0v) is 51.7. The lowest BCUT2D eigenvalue weighted by Crippen LogP contribution is -2.30. The quantitative estimate of drug-likeness (QED) is 0.0222. The Bertz CT molecular complexity index is 1550. The number of phosphoric acid groups is 2. The fourth-order valence-electron chi connectivity index (χ4n) is 8.58. The monoisotopic (exact) mass is 1160 g/mol. The number of hydrogen-bond donors (Lipinski definition) is 3. The van der Waals surface area contributed by atoms with Crippen molar-refractivity contribution in [2.45, 2.75) is 304 Å². The van der Waals surface area contributed by atoms with Gasteiger partial charge in [-0.25, -0.2) is 9.13 Å². The lowest BCUT2D eigenvalue weighted by Gasteiger charge is -2.21. The Morgan fingerprint density at radius 1 is 0.359 bits per heavy atom. The average molecular weight is 1160 g/mol. The minimum Gasteiger partial charge on any atom is -0.462 e. The van der Waals surface area contributed by atoms with E-state index < -0.39 is 97.5 Å². The number of aliphatic hydroxyl groups excluding tert-OH is 1. The van der Waals surface area contributed by atoms with Crippen molar-refractivity contribution in [2.75, 3.05) is 39.6 Å². The largest absolute Gasteiger partial charge is 0.472 e. The highest BCUT2D eigenvalue weighted by Gasteiger charge is 2.30. The number of aliphatic hydroxyl groups is 1. The van der Waals surface area contributed by atoms with Crippen LogP contribution >= 0.6 is 15.6 Å². The molecule has 0 aliphatic carbocycles. The molecule has 0 aliphatic heterocycles. The van der Waals surface area contributed by atoms with Crippen molar-refractivity contribution in [3.63, 3.8) is 0 Å². The Kier molecular flexibility index (Phi) is 50.6. The van der Waals surface area contributed by atoms with E-state index in [0.717, 1.165) is 134 Å². The maximum atomic E-state index is 12.9. The number of unbranched alkanes of at least 4 members (excludes halogenated alkanes) is 26. The number of carbonyl (C=O) groups excluding carboxylic acids is 4. The van der Waals surface area contributed by atoms with Crippen LogP contribution in [0.25, 0.3) is 0 Å². The highest BCUT2D eigenvalue weighted by molar-refractivity contribution is 7.47. The predicted octanol–water partition coefficient (Wildman–Crippen LogP) is 15.7. The molecule has 78 heavy (non-hydrogen) atoms. The molecule has 0 aromatic carbocycles. The van der Waals surface area contributed by atoms with E-state index >= 15 is 0 Å². The third kappa shape index (κ3) is 51.0. The lowest BCUT2D eigenvalue weighted by atomic mass is 9.99. The van der Waals surface area contributed by atoms with Crippen LogP contribution < -0.4 is 0 Å². The number of hydrogen-bond acceptors (Lipinski definition) is 15. The van der Waals surface area contributed by atoms with Crippen LogP contribution in [-0.4, -0.2) is 96.7 Å². The lowest BCUT2D eigenvalue weighted by molar-refractivity contribution is -0.161. The van der Waals surface area contributed by atoms with Crippen LogP contribution in [0.5, 0.6) is 0 Å². The summed E-state index contributed by atoms with van der Waals surface area (Å²) in [6, 6.07) is 0. The first kappa shape index (κ1) is 76.1. The molecule has 0 amide bonds. The second kappa shape index (κ2) is 51.9. The second-order valence-corrected chi connectivity index (χ2v) is 24.8. The molecule has 0 radical (unpaired) electrons. The van der Waals surface area contributed by atoms with Crippen molar-refractivity contribution in [3.05, 3.63) is 0 Å². The van der Waals surface area contributed by atoms with E-state index in [4.69, 9.17) is 37.0 Å². The molecule has 17 nitrogen and oxygen atoms in total. The third-order valence-electron chi connectivity index (χ3n) is 14.2. The molecule has 0 rings (SSSR count). The molecule has 3 N–H and O–H groups in total. The Hall–Kier alpha value is -1.94. The summed E-state index contributed by atoms with van der Waals surface area (Å²) < 4.78 is 67.6. The van der Waals surface area contributed by atoms with E-state index in [-0.39, 0.29) is 25.7 Å². The van der Waals surface area contributed by atoms with Crippen LogP contribution in [0.3, 0.4) is 0 Å². The Morgan fingerprint density at radius 3 is 0.910 bits per heavy atom. The van der Waals surface area contributed by atoms with Gasteiger partial charge in [-0.05, 0) is 37.5 Å². The topological polar surface area (TPSA) is 237 Å². The molecule has 7 atom stereocenters. The molecule has 0 bridgehead atoms. The highest BCUT2D eigenvalue weighted by atomic mass is 31.2. The molecule has 0 aromatic heterocycles. The summed E-state index contributed by atoms with van der Waals surface area (Å²) in [5.74, 6) is -0.617. The van der Waals surface area contributed by atoms with E-state index in [1.165, 1.54) is 70.6 Å². The fourth-order valence-corrected chi connectivity index (χ4v) is 10.2. The van der Waals surface area contributed by atoms with Gasteiger partial charge in [0.25, 0.3) is 0 Å². The minimum absolute atomic E-state index is 0.103. The summed E-state index contributed by atoms with van der Waals surface area (Å²) in [7, 11) is -9.87. The zero-order valence-electron chi connectivity index (χ0n) is 50.0. The van der Waals surface area contributed by atoms with Gasteiger partial charge in [0, 0.05) is 25.7 Å². The van der Waals surface area contributed by atoms with Crippen LogP contribution in [0.4, 0.5) is 0 Å². The van der Waals surface area contributed by atoms with Crippen molar-refractivity contribution in [2.24, 2.45) is 11.8 Å². The van der Waals surface area contributed by atoms with Gasteiger partial charge in [-0.3, -0.25) is 37.3 Å². The summed E-state index contributed by atoms with van der Waals surface area (Å²) in [5.41, 5.74) is 0. The smallest absolute Gasteiger partial charge is 0.462 e. The van der Waals surface area contributed by atoms with Gasteiger partial charge in [0.15, 0.2) is 12.2 Å². The Labute approximate surface area is 473 Å². The predicted molar refractivity (Wildman–Crippen MR) is 308 cm³/mol. The van der Waals surface area contributed by atoms with Gasteiger partial charge in [0.05, 0.1) is 26.4 Å². The van der Waals surface area contributed by atoms with Gasteiger partial charge >= 0.3 is 39.5 Å². The molecule has 0 saturated carbocycles. The van der Waals surface area contributed by atoms with Crippen LogP contribution in [0, 0.1) is 11.8 Å². The van der Waals surface area contributed by atoms with Gasteiger partial charge in [-0.2, -0.15) is 0 Å². The molecule has 0 aromatic rings. The summed E-state index contributed by atoms with van der Waals surface area (Å²) >= 11 is 0. The van der Waals surface area contributed by atoms with Crippen molar-refractivity contribution < 1.29 is 80.2 Å². The number of phosphoric ester groups is 2.